The zero-order valence-electron chi connectivity index (χ0n) is 12.8. The van der Waals surface area contributed by atoms with Crippen LogP contribution in [0.2, 0.25) is 0 Å². The van der Waals surface area contributed by atoms with Gasteiger partial charge in [0.1, 0.15) is 0 Å². The van der Waals surface area contributed by atoms with Crippen LogP contribution in [0, 0.1) is 16.7 Å². The van der Waals surface area contributed by atoms with E-state index >= 15 is 0 Å². The van der Waals surface area contributed by atoms with Gasteiger partial charge in [-0.05, 0) is 37.5 Å². The number of carbonyl (C=O) groups excluding carboxylic acids is 2. The van der Waals surface area contributed by atoms with Gasteiger partial charge in [0.2, 0.25) is 5.91 Å². The average molecular weight is 313 g/mol. The number of nitriles is 1. The second kappa shape index (κ2) is 6.01. The summed E-state index contributed by atoms with van der Waals surface area (Å²) in [7, 11) is 0. The smallest absolute Gasteiger partial charge is 0.253 e. The molecule has 2 aliphatic heterocycles. The van der Waals surface area contributed by atoms with E-state index < -0.39 is 11.5 Å². The van der Waals surface area contributed by atoms with Gasteiger partial charge >= 0.3 is 0 Å². The summed E-state index contributed by atoms with van der Waals surface area (Å²) in [6.07, 6.45) is 1.05. The molecule has 3 rings (SSSR count). The van der Waals surface area contributed by atoms with Crippen molar-refractivity contribution in [3.8, 4) is 6.07 Å². The standard InChI is InChI=1S/C17H19N3O3/c18-10-12-3-1-4-13(9-12)15(22)20-8-5-14(21)17(11-20)6-2-7-19-16(17)23/h1,3-4,9,14,21H,2,5-8,11H2,(H,19,23)/t14-,17-/m1/s1. The van der Waals surface area contributed by atoms with Gasteiger partial charge in [-0.15, -0.1) is 0 Å². The number of likely N-dealkylation sites (tertiary alicyclic amines) is 1. The molecule has 6 heteroatoms. The number of nitrogens with one attached hydrogen (secondary N) is 1. The SMILES string of the molecule is N#Cc1cccc(C(=O)N2CC[C@@H](O)[C@@]3(CCCNC3=O)C2)c1. The van der Waals surface area contributed by atoms with Crippen LogP contribution in [0.15, 0.2) is 24.3 Å². The summed E-state index contributed by atoms with van der Waals surface area (Å²) < 4.78 is 0. The van der Waals surface area contributed by atoms with Crippen LogP contribution < -0.4 is 5.32 Å². The van der Waals surface area contributed by atoms with Gasteiger partial charge in [0.25, 0.3) is 5.91 Å². The maximum atomic E-state index is 12.7. The lowest BCUT2D eigenvalue weighted by Gasteiger charge is -2.46. The first kappa shape index (κ1) is 15.5. The Morgan fingerprint density at radius 1 is 1.48 bits per heavy atom. The molecule has 0 aliphatic carbocycles. The lowest BCUT2D eigenvalue weighted by Crippen LogP contribution is -2.62. The Morgan fingerprint density at radius 3 is 3.04 bits per heavy atom. The third kappa shape index (κ3) is 2.68. The third-order valence-corrected chi connectivity index (χ3v) is 4.85. The molecule has 6 nitrogen and oxygen atoms in total. The summed E-state index contributed by atoms with van der Waals surface area (Å²) in [5.74, 6) is -0.369. The first-order valence-corrected chi connectivity index (χ1v) is 7.83. The minimum absolute atomic E-state index is 0.167. The van der Waals surface area contributed by atoms with Crippen molar-refractivity contribution < 1.29 is 14.7 Å². The van der Waals surface area contributed by atoms with Crippen molar-refractivity contribution in [2.75, 3.05) is 19.6 Å². The molecule has 2 fully saturated rings. The maximum Gasteiger partial charge on any atom is 0.253 e. The highest BCUT2D eigenvalue weighted by Crippen LogP contribution is 2.37. The average Bonchev–Trinajstić information content (AvgIpc) is 2.59. The summed E-state index contributed by atoms with van der Waals surface area (Å²) in [4.78, 5) is 26.7. The zero-order valence-corrected chi connectivity index (χ0v) is 12.8. The van der Waals surface area contributed by atoms with Crippen LogP contribution in [-0.2, 0) is 4.79 Å². The minimum atomic E-state index is -0.904. The van der Waals surface area contributed by atoms with Gasteiger partial charge in [-0.25, -0.2) is 0 Å². The summed E-state index contributed by atoms with van der Waals surface area (Å²) in [5.41, 5.74) is -0.0382. The minimum Gasteiger partial charge on any atom is -0.392 e. The Labute approximate surface area is 134 Å². The van der Waals surface area contributed by atoms with Crippen LogP contribution in [0.3, 0.4) is 0 Å². The number of piperidine rings is 2. The molecule has 0 bridgehead atoms. The molecule has 0 unspecified atom stereocenters. The molecular formula is C17H19N3O3. The van der Waals surface area contributed by atoms with Crippen molar-refractivity contribution in [1.29, 1.82) is 5.26 Å². The predicted molar refractivity (Wildman–Crippen MR) is 82.4 cm³/mol. The van der Waals surface area contributed by atoms with Gasteiger partial charge < -0.3 is 15.3 Å². The molecule has 0 aromatic heterocycles. The van der Waals surface area contributed by atoms with E-state index in [1.165, 1.54) is 0 Å². The molecule has 0 radical (unpaired) electrons. The molecular weight excluding hydrogens is 294 g/mol. The Bertz CT molecular complexity index is 682. The van der Waals surface area contributed by atoms with Crippen LogP contribution in [-0.4, -0.2) is 47.6 Å². The van der Waals surface area contributed by atoms with E-state index in [0.717, 1.165) is 6.42 Å². The van der Waals surface area contributed by atoms with Crippen LogP contribution >= 0.6 is 0 Å². The van der Waals surface area contributed by atoms with Crippen LogP contribution in [0.5, 0.6) is 0 Å². The number of hydrogen-bond acceptors (Lipinski definition) is 4. The number of aliphatic hydroxyl groups is 1. The molecule has 1 aromatic rings. The van der Waals surface area contributed by atoms with Crippen molar-refractivity contribution in [2.45, 2.75) is 25.4 Å². The maximum absolute atomic E-state index is 12.7. The second-order valence-corrected chi connectivity index (χ2v) is 6.24. The lowest BCUT2D eigenvalue weighted by molar-refractivity contribution is -0.147. The largest absolute Gasteiger partial charge is 0.392 e. The van der Waals surface area contributed by atoms with Gasteiger partial charge in [-0.1, -0.05) is 6.07 Å². The molecule has 0 saturated carbocycles. The number of benzene rings is 1. The topological polar surface area (TPSA) is 93.4 Å². The number of amides is 2. The van der Waals surface area contributed by atoms with Crippen molar-refractivity contribution in [2.24, 2.45) is 5.41 Å². The quantitative estimate of drug-likeness (QED) is 0.796. The van der Waals surface area contributed by atoms with E-state index in [2.05, 4.69) is 5.32 Å². The molecule has 2 atom stereocenters. The normalized spacial score (nSPS) is 27.4. The monoisotopic (exact) mass is 313 g/mol. The summed E-state index contributed by atoms with van der Waals surface area (Å²) >= 11 is 0. The second-order valence-electron chi connectivity index (χ2n) is 6.24. The molecule has 1 aromatic carbocycles. The predicted octanol–water partition coefficient (Wildman–Crippen LogP) is 0.661. The Hall–Kier alpha value is -2.39. The van der Waals surface area contributed by atoms with Gasteiger partial charge in [0.15, 0.2) is 0 Å². The van der Waals surface area contributed by atoms with E-state index in [-0.39, 0.29) is 18.4 Å². The third-order valence-electron chi connectivity index (χ3n) is 4.85. The van der Waals surface area contributed by atoms with Crippen molar-refractivity contribution in [3.63, 3.8) is 0 Å². The Morgan fingerprint density at radius 2 is 2.30 bits per heavy atom. The van der Waals surface area contributed by atoms with Gasteiger partial charge in [0.05, 0.1) is 23.2 Å². The van der Waals surface area contributed by atoms with Gasteiger partial charge in [-0.3, -0.25) is 9.59 Å². The molecule has 2 aliphatic rings. The number of rotatable bonds is 1. The van der Waals surface area contributed by atoms with Crippen LogP contribution in [0.4, 0.5) is 0 Å². The molecule has 23 heavy (non-hydrogen) atoms. The number of carbonyl (C=O) groups is 2. The Kier molecular flexibility index (Phi) is 4.05. The highest BCUT2D eigenvalue weighted by molar-refractivity contribution is 5.95. The first-order chi connectivity index (χ1) is 11.1. The molecule has 2 saturated heterocycles. The highest BCUT2D eigenvalue weighted by Gasteiger charge is 2.50. The van der Waals surface area contributed by atoms with Crippen molar-refractivity contribution in [1.82, 2.24) is 10.2 Å². The summed E-state index contributed by atoms with van der Waals surface area (Å²) in [6, 6.07) is 8.57. The van der Waals surface area contributed by atoms with E-state index in [1.54, 1.807) is 29.2 Å². The summed E-state index contributed by atoms with van der Waals surface area (Å²) in [5, 5.41) is 22.1. The fraction of sp³-hybridized carbons (Fsp3) is 0.471. The van der Waals surface area contributed by atoms with Crippen LogP contribution in [0.1, 0.15) is 35.2 Å². The first-order valence-electron chi connectivity index (χ1n) is 7.83. The Balaban J connectivity index is 1.84. The van der Waals surface area contributed by atoms with E-state index in [9.17, 15) is 14.7 Å². The molecule has 2 heterocycles. The molecule has 1 spiro atoms. The lowest BCUT2D eigenvalue weighted by atomic mass is 9.71. The van der Waals surface area contributed by atoms with Crippen LogP contribution in [0.25, 0.3) is 0 Å². The van der Waals surface area contributed by atoms with E-state index in [1.807, 2.05) is 6.07 Å². The molecule has 120 valence electrons. The highest BCUT2D eigenvalue weighted by atomic mass is 16.3. The fourth-order valence-electron chi connectivity index (χ4n) is 3.52. The summed E-state index contributed by atoms with van der Waals surface area (Å²) in [6.45, 7) is 1.24. The fourth-order valence-corrected chi connectivity index (χ4v) is 3.52. The van der Waals surface area contributed by atoms with E-state index in [0.29, 0.717) is 37.1 Å². The van der Waals surface area contributed by atoms with E-state index in [4.69, 9.17) is 5.26 Å². The van der Waals surface area contributed by atoms with Gasteiger partial charge in [-0.2, -0.15) is 5.26 Å². The zero-order chi connectivity index (χ0) is 16.4. The van der Waals surface area contributed by atoms with Crippen molar-refractivity contribution >= 4 is 11.8 Å². The number of aliphatic hydroxyl groups excluding tert-OH is 1. The molecule has 2 N–H and O–H groups in total. The van der Waals surface area contributed by atoms with Gasteiger partial charge in [0, 0.05) is 25.2 Å². The van der Waals surface area contributed by atoms with Crippen molar-refractivity contribution in [3.05, 3.63) is 35.4 Å². The number of nitrogens with zero attached hydrogens (tertiary/aromatic N) is 2. The number of hydrogen-bond donors (Lipinski definition) is 2. The molecule has 2 amide bonds.